The quantitative estimate of drug-likeness (QED) is 0.619. The van der Waals surface area contributed by atoms with Crippen LogP contribution in [0.2, 0.25) is 19.6 Å². The van der Waals surface area contributed by atoms with Crippen LogP contribution in [0, 0.1) is 11.8 Å². The van der Waals surface area contributed by atoms with Crippen molar-refractivity contribution >= 4 is 14.3 Å². The molecule has 1 aliphatic carbocycles. The Bertz CT molecular complexity index is 520. The average Bonchev–Trinajstić information content (AvgIpc) is 3.01. The third-order valence-corrected chi connectivity index (χ3v) is 4.95. The number of benzene rings is 1. The highest BCUT2D eigenvalue weighted by Gasteiger charge is 2.69. The SMILES string of the molecule is COC(=O)[C@@H]1[C@@H](C)[C@@]1(O[Si](C)(C)C)c1ccc(OC)cc1. The van der Waals surface area contributed by atoms with E-state index in [0.29, 0.717) is 0 Å². The first-order valence-corrected chi connectivity index (χ1v) is 10.6. The zero-order chi connectivity index (χ0) is 15.8. The van der Waals surface area contributed by atoms with Crippen molar-refractivity contribution in [2.75, 3.05) is 14.2 Å². The van der Waals surface area contributed by atoms with Crippen molar-refractivity contribution in [3.8, 4) is 5.75 Å². The van der Waals surface area contributed by atoms with Gasteiger partial charge in [-0.2, -0.15) is 0 Å². The van der Waals surface area contributed by atoms with E-state index in [1.807, 2.05) is 31.2 Å². The van der Waals surface area contributed by atoms with Gasteiger partial charge < -0.3 is 13.9 Å². The van der Waals surface area contributed by atoms with Crippen molar-refractivity contribution in [2.24, 2.45) is 11.8 Å². The van der Waals surface area contributed by atoms with Crippen LogP contribution in [-0.4, -0.2) is 28.5 Å². The molecule has 5 heteroatoms. The minimum Gasteiger partial charge on any atom is -0.497 e. The lowest BCUT2D eigenvalue weighted by Gasteiger charge is -2.28. The molecule has 0 aromatic heterocycles. The molecule has 0 amide bonds. The minimum absolute atomic E-state index is 0.116. The van der Waals surface area contributed by atoms with E-state index < -0.39 is 13.9 Å². The van der Waals surface area contributed by atoms with Gasteiger partial charge in [0.05, 0.1) is 25.7 Å². The second-order valence-electron chi connectivity index (χ2n) is 6.53. The number of esters is 1. The highest BCUT2D eigenvalue weighted by Crippen LogP contribution is 2.62. The van der Waals surface area contributed by atoms with Gasteiger partial charge in [0.15, 0.2) is 8.32 Å². The molecule has 116 valence electrons. The lowest BCUT2D eigenvalue weighted by molar-refractivity contribution is -0.144. The molecule has 0 spiro atoms. The smallest absolute Gasteiger partial charge is 0.312 e. The lowest BCUT2D eigenvalue weighted by Crippen LogP contribution is -2.35. The van der Waals surface area contributed by atoms with E-state index in [1.54, 1.807) is 7.11 Å². The summed E-state index contributed by atoms with van der Waals surface area (Å²) in [5.74, 6) is 0.481. The molecule has 0 N–H and O–H groups in total. The molecule has 1 aromatic carbocycles. The molecular formula is C16H24O4Si. The van der Waals surface area contributed by atoms with Crippen LogP contribution in [0.15, 0.2) is 24.3 Å². The van der Waals surface area contributed by atoms with Crippen molar-refractivity contribution in [3.05, 3.63) is 29.8 Å². The van der Waals surface area contributed by atoms with Gasteiger partial charge in [0, 0.05) is 5.92 Å². The van der Waals surface area contributed by atoms with E-state index in [2.05, 4.69) is 19.6 Å². The maximum absolute atomic E-state index is 12.1. The second-order valence-corrected chi connectivity index (χ2v) is 11.0. The summed E-state index contributed by atoms with van der Waals surface area (Å²) in [5, 5.41) is 0. The number of rotatable bonds is 5. The fraction of sp³-hybridized carbons (Fsp3) is 0.562. The Morgan fingerprint density at radius 3 is 2.14 bits per heavy atom. The summed E-state index contributed by atoms with van der Waals surface area (Å²) in [6.07, 6.45) is 0. The molecule has 1 aliphatic rings. The summed E-state index contributed by atoms with van der Waals surface area (Å²) in [6.45, 7) is 8.46. The van der Waals surface area contributed by atoms with Crippen LogP contribution in [0.4, 0.5) is 0 Å². The number of hydrogen-bond donors (Lipinski definition) is 0. The summed E-state index contributed by atoms with van der Waals surface area (Å²) < 4.78 is 16.6. The van der Waals surface area contributed by atoms with E-state index in [0.717, 1.165) is 11.3 Å². The van der Waals surface area contributed by atoms with Crippen LogP contribution >= 0.6 is 0 Å². The first kappa shape index (κ1) is 16.0. The number of methoxy groups -OCH3 is 2. The van der Waals surface area contributed by atoms with Gasteiger partial charge in [-0.25, -0.2) is 0 Å². The third-order valence-electron chi connectivity index (χ3n) is 4.00. The highest BCUT2D eigenvalue weighted by molar-refractivity contribution is 6.69. The van der Waals surface area contributed by atoms with Gasteiger partial charge in [-0.3, -0.25) is 4.79 Å². The predicted molar refractivity (Wildman–Crippen MR) is 83.8 cm³/mol. The molecule has 1 fully saturated rings. The van der Waals surface area contributed by atoms with E-state index >= 15 is 0 Å². The largest absolute Gasteiger partial charge is 0.497 e. The summed E-state index contributed by atoms with van der Waals surface area (Å²) in [6, 6.07) is 7.78. The molecule has 2 rings (SSSR count). The predicted octanol–water partition coefficient (Wildman–Crippen LogP) is 3.18. The van der Waals surface area contributed by atoms with Crippen LogP contribution < -0.4 is 4.74 Å². The molecule has 0 heterocycles. The van der Waals surface area contributed by atoms with Gasteiger partial charge in [0.25, 0.3) is 0 Å². The summed E-state index contributed by atoms with van der Waals surface area (Å²) in [4.78, 5) is 12.1. The topological polar surface area (TPSA) is 44.8 Å². The Hall–Kier alpha value is -1.33. The fourth-order valence-corrected chi connectivity index (χ4v) is 4.50. The Kier molecular flexibility index (Phi) is 4.17. The van der Waals surface area contributed by atoms with Crippen molar-refractivity contribution in [1.82, 2.24) is 0 Å². The fourth-order valence-electron chi connectivity index (χ4n) is 3.05. The van der Waals surface area contributed by atoms with E-state index in [4.69, 9.17) is 13.9 Å². The normalized spacial score (nSPS) is 28.1. The zero-order valence-electron chi connectivity index (χ0n) is 13.6. The maximum Gasteiger partial charge on any atom is 0.312 e. The van der Waals surface area contributed by atoms with Crippen LogP contribution in [-0.2, 0) is 19.6 Å². The Balaban J connectivity index is 2.40. The van der Waals surface area contributed by atoms with Gasteiger partial charge in [0.2, 0.25) is 0 Å². The minimum atomic E-state index is -1.82. The van der Waals surface area contributed by atoms with Gasteiger partial charge in [0.1, 0.15) is 5.75 Å². The van der Waals surface area contributed by atoms with Crippen LogP contribution in [0.5, 0.6) is 5.75 Å². The van der Waals surface area contributed by atoms with E-state index in [9.17, 15) is 4.79 Å². The second kappa shape index (κ2) is 5.46. The average molecular weight is 308 g/mol. The van der Waals surface area contributed by atoms with Crippen LogP contribution in [0.3, 0.4) is 0 Å². The van der Waals surface area contributed by atoms with Crippen molar-refractivity contribution in [1.29, 1.82) is 0 Å². The summed E-state index contributed by atoms with van der Waals surface area (Å²) >= 11 is 0. The Morgan fingerprint density at radius 2 is 1.71 bits per heavy atom. The van der Waals surface area contributed by atoms with Gasteiger partial charge in [-0.05, 0) is 37.3 Å². The van der Waals surface area contributed by atoms with E-state index in [1.165, 1.54) is 7.11 Å². The summed E-state index contributed by atoms with van der Waals surface area (Å²) in [7, 11) is 1.25. The molecule has 1 saturated carbocycles. The van der Waals surface area contributed by atoms with Crippen molar-refractivity contribution < 1.29 is 18.7 Å². The number of carbonyl (C=O) groups is 1. The van der Waals surface area contributed by atoms with E-state index in [-0.39, 0.29) is 17.8 Å². The lowest BCUT2D eigenvalue weighted by atomic mass is 10.0. The molecular weight excluding hydrogens is 284 g/mol. The molecule has 0 bridgehead atoms. The molecule has 4 nitrogen and oxygen atoms in total. The summed E-state index contributed by atoms with van der Waals surface area (Å²) in [5.41, 5.74) is 0.470. The van der Waals surface area contributed by atoms with Crippen molar-refractivity contribution in [2.45, 2.75) is 32.2 Å². The van der Waals surface area contributed by atoms with Gasteiger partial charge in [-0.1, -0.05) is 19.1 Å². The third kappa shape index (κ3) is 2.85. The number of ether oxygens (including phenoxy) is 2. The number of hydrogen-bond acceptors (Lipinski definition) is 4. The van der Waals surface area contributed by atoms with Crippen LogP contribution in [0.25, 0.3) is 0 Å². The molecule has 3 atom stereocenters. The standard InChI is InChI=1S/C16H24O4Si/c1-11-14(15(17)19-3)16(11,20-21(4,5)6)12-7-9-13(18-2)10-8-12/h7-11,14H,1-6H3/t11-,14+,16-/m1/s1. The maximum atomic E-state index is 12.1. The molecule has 0 aliphatic heterocycles. The Labute approximate surface area is 127 Å². The highest BCUT2D eigenvalue weighted by atomic mass is 28.4. The van der Waals surface area contributed by atoms with Crippen LogP contribution in [0.1, 0.15) is 12.5 Å². The number of carbonyl (C=O) groups excluding carboxylic acids is 1. The molecule has 0 saturated heterocycles. The zero-order valence-corrected chi connectivity index (χ0v) is 14.6. The first-order valence-electron chi connectivity index (χ1n) is 7.19. The van der Waals surface area contributed by atoms with Gasteiger partial charge >= 0.3 is 5.97 Å². The molecule has 21 heavy (non-hydrogen) atoms. The monoisotopic (exact) mass is 308 g/mol. The Morgan fingerprint density at radius 1 is 1.14 bits per heavy atom. The molecule has 0 unspecified atom stereocenters. The first-order chi connectivity index (χ1) is 9.76. The molecule has 0 radical (unpaired) electrons. The van der Waals surface area contributed by atoms with Crippen molar-refractivity contribution in [3.63, 3.8) is 0 Å². The molecule has 1 aromatic rings. The van der Waals surface area contributed by atoms with Gasteiger partial charge in [-0.15, -0.1) is 0 Å².